The molecule has 0 aliphatic carbocycles. The largest absolute Gasteiger partial charge is 0.326 e. The Morgan fingerprint density at radius 2 is 1.31 bits per heavy atom. The lowest BCUT2D eigenvalue weighted by molar-refractivity contribution is -0.116. The normalized spacial score (nSPS) is 11.5. The average Bonchev–Trinajstić information content (AvgIpc) is 2.59. The summed E-state index contributed by atoms with van der Waals surface area (Å²) in [6.07, 6.45) is 14.2. The third-order valence-corrected chi connectivity index (χ3v) is 5.35. The summed E-state index contributed by atoms with van der Waals surface area (Å²) in [6, 6.07) is 5.69. The van der Waals surface area contributed by atoms with Crippen molar-refractivity contribution in [3.63, 3.8) is 0 Å². The van der Waals surface area contributed by atoms with Gasteiger partial charge in [-0.1, -0.05) is 71.1 Å². The molecule has 1 aromatic carbocycles. The fourth-order valence-electron chi connectivity index (χ4n) is 2.89. The molecule has 5 nitrogen and oxygen atoms in total. The first-order valence-electron chi connectivity index (χ1n) is 9.83. The highest BCUT2D eigenvalue weighted by molar-refractivity contribution is 7.88. The average molecular weight is 382 g/mol. The second kappa shape index (κ2) is 12.9. The predicted molar refractivity (Wildman–Crippen MR) is 106 cm³/mol. The molecule has 0 saturated carbocycles. The monoisotopic (exact) mass is 381 g/mol. The summed E-state index contributed by atoms with van der Waals surface area (Å²) in [5.74, 6) is -0.0533. The number of nitrogens with one attached hydrogen (secondary N) is 2. The highest BCUT2D eigenvalue weighted by Gasteiger charge is 2.08. The molecular weight excluding hydrogens is 348 g/mol. The second-order valence-electron chi connectivity index (χ2n) is 6.86. The number of rotatable bonds is 14. The summed E-state index contributed by atoms with van der Waals surface area (Å²) < 4.78 is 22.1. The molecule has 147 valence electrons. The van der Waals surface area contributed by atoms with Crippen molar-refractivity contribution in [1.29, 1.82) is 0 Å². The number of sulfonamides is 1. The molecule has 1 aromatic rings. The number of anilines is 1. The number of unbranched alkanes of at least 4 members (excludes halogenated alkanes) is 10. The number of benzene rings is 1. The van der Waals surface area contributed by atoms with Gasteiger partial charge in [0.15, 0.2) is 0 Å². The van der Waals surface area contributed by atoms with Crippen molar-refractivity contribution in [1.82, 2.24) is 5.14 Å². The van der Waals surface area contributed by atoms with Crippen molar-refractivity contribution in [3.05, 3.63) is 24.3 Å². The van der Waals surface area contributed by atoms with Gasteiger partial charge >= 0.3 is 0 Å². The summed E-state index contributed by atoms with van der Waals surface area (Å²) in [6.45, 7) is 2.24. The molecule has 0 heterocycles. The van der Waals surface area contributed by atoms with Gasteiger partial charge in [0, 0.05) is 12.1 Å². The molecule has 0 spiro atoms. The Kier molecular flexibility index (Phi) is 11.2. The minimum absolute atomic E-state index is 0.0533. The van der Waals surface area contributed by atoms with Crippen molar-refractivity contribution in [2.75, 3.05) is 5.32 Å². The molecule has 6 heteroatoms. The topological polar surface area (TPSA) is 87.0 Å². The fourth-order valence-corrected chi connectivity index (χ4v) is 3.39. The summed E-state index contributed by atoms with van der Waals surface area (Å²) in [5, 5.41) is 9.74. The van der Waals surface area contributed by atoms with Crippen molar-refractivity contribution < 1.29 is 13.2 Å². The molecule has 0 aliphatic rings. The van der Waals surface area contributed by atoms with Gasteiger partial charge in [0.25, 0.3) is 10.0 Å². The molecule has 0 aliphatic heterocycles. The minimum atomic E-state index is -3.94. The van der Waals surface area contributed by atoms with E-state index in [9.17, 15) is 13.2 Å². The van der Waals surface area contributed by atoms with Crippen LogP contribution in [0.3, 0.4) is 0 Å². The standard InChI is InChI=1S/C20H33N2O3S/c1-2-3-4-5-6-7-8-9-10-11-12-13-20(23)22-18-14-16-19(17-15-18)26(21,24)25/h14-17,21H,2-13H2,1H3,(H,22,23). The van der Waals surface area contributed by atoms with Crippen LogP contribution >= 0.6 is 0 Å². The van der Waals surface area contributed by atoms with E-state index < -0.39 is 10.0 Å². The highest BCUT2D eigenvalue weighted by atomic mass is 32.2. The molecule has 26 heavy (non-hydrogen) atoms. The quantitative estimate of drug-likeness (QED) is 0.444. The Hall–Kier alpha value is -1.40. The molecule has 0 aromatic heterocycles. The van der Waals surface area contributed by atoms with Gasteiger partial charge < -0.3 is 5.32 Å². The number of carbonyl (C=O) groups is 1. The molecule has 0 bridgehead atoms. The molecule has 0 unspecified atom stereocenters. The maximum Gasteiger partial charge on any atom is 0.254 e. The zero-order chi connectivity index (χ0) is 19.3. The Morgan fingerprint density at radius 1 is 0.846 bits per heavy atom. The maximum absolute atomic E-state index is 11.9. The first-order valence-corrected chi connectivity index (χ1v) is 11.3. The van der Waals surface area contributed by atoms with Crippen LogP contribution in [-0.4, -0.2) is 14.3 Å². The van der Waals surface area contributed by atoms with E-state index in [0.29, 0.717) is 12.1 Å². The lowest BCUT2D eigenvalue weighted by Gasteiger charge is -2.06. The summed E-state index contributed by atoms with van der Waals surface area (Å²) >= 11 is 0. The van der Waals surface area contributed by atoms with E-state index >= 15 is 0 Å². The molecular formula is C20H33N2O3S. The lowest BCUT2D eigenvalue weighted by Crippen LogP contribution is -2.11. The highest BCUT2D eigenvalue weighted by Crippen LogP contribution is 2.15. The molecule has 1 amide bonds. The Morgan fingerprint density at radius 3 is 1.77 bits per heavy atom. The Bertz CT molecular complexity index is 612. The van der Waals surface area contributed by atoms with Gasteiger partial charge in [-0.15, -0.1) is 5.14 Å². The van der Waals surface area contributed by atoms with Gasteiger partial charge in [0.1, 0.15) is 0 Å². The van der Waals surface area contributed by atoms with Crippen LogP contribution in [0.25, 0.3) is 0 Å². The first-order chi connectivity index (χ1) is 12.4. The van der Waals surface area contributed by atoms with Crippen LogP contribution in [0.4, 0.5) is 5.69 Å². The zero-order valence-corrected chi connectivity index (χ0v) is 16.7. The zero-order valence-electron chi connectivity index (χ0n) is 15.9. The van der Waals surface area contributed by atoms with E-state index in [4.69, 9.17) is 5.14 Å². The molecule has 2 N–H and O–H groups in total. The van der Waals surface area contributed by atoms with Gasteiger partial charge in [0.05, 0.1) is 4.90 Å². The third-order valence-electron chi connectivity index (χ3n) is 4.46. The SMILES string of the molecule is CCCCCCCCCCCCCC(=O)Nc1ccc(S([NH])(=O)=O)cc1. The number of hydrogen-bond acceptors (Lipinski definition) is 3. The first kappa shape index (κ1) is 22.6. The van der Waals surface area contributed by atoms with E-state index in [-0.39, 0.29) is 10.8 Å². The number of amides is 1. The van der Waals surface area contributed by atoms with Gasteiger partial charge in [-0.25, -0.2) is 8.42 Å². The van der Waals surface area contributed by atoms with Gasteiger partial charge in [-0.05, 0) is 30.7 Å². The summed E-state index contributed by atoms with van der Waals surface area (Å²) in [4.78, 5) is 11.8. The van der Waals surface area contributed by atoms with Crippen LogP contribution < -0.4 is 10.5 Å². The van der Waals surface area contributed by atoms with Crippen molar-refractivity contribution in [3.8, 4) is 0 Å². The van der Waals surface area contributed by atoms with Crippen LogP contribution in [0.15, 0.2) is 29.2 Å². The van der Waals surface area contributed by atoms with Gasteiger partial charge in [0.2, 0.25) is 5.91 Å². The van der Waals surface area contributed by atoms with Crippen molar-refractivity contribution in [2.24, 2.45) is 0 Å². The molecule has 1 radical (unpaired) electrons. The molecule has 0 fully saturated rings. The van der Waals surface area contributed by atoms with Crippen LogP contribution in [0.1, 0.15) is 84.0 Å². The molecule has 0 atom stereocenters. The van der Waals surface area contributed by atoms with Gasteiger partial charge in [-0.2, -0.15) is 0 Å². The Balaban J connectivity index is 2.05. The maximum atomic E-state index is 11.9. The van der Waals surface area contributed by atoms with E-state index in [1.165, 1.54) is 82.1 Å². The number of hydrogen-bond donors (Lipinski definition) is 1. The van der Waals surface area contributed by atoms with Crippen molar-refractivity contribution >= 4 is 21.6 Å². The number of carbonyl (C=O) groups excluding carboxylic acids is 1. The summed E-state index contributed by atoms with van der Waals surface area (Å²) in [7, 11) is -3.94. The van der Waals surface area contributed by atoms with Crippen LogP contribution in [-0.2, 0) is 14.8 Å². The van der Waals surface area contributed by atoms with Gasteiger partial charge in [-0.3, -0.25) is 4.79 Å². The third kappa shape index (κ3) is 10.6. The smallest absolute Gasteiger partial charge is 0.254 e. The van der Waals surface area contributed by atoms with E-state index in [1.807, 2.05) is 0 Å². The van der Waals surface area contributed by atoms with E-state index in [1.54, 1.807) is 0 Å². The minimum Gasteiger partial charge on any atom is -0.326 e. The fraction of sp³-hybridized carbons (Fsp3) is 0.650. The van der Waals surface area contributed by atoms with Crippen LogP contribution in [0.2, 0.25) is 0 Å². The molecule has 0 saturated heterocycles. The predicted octanol–water partition coefficient (Wildman–Crippen LogP) is 5.30. The van der Waals surface area contributed by atoms with E-state index in [0.717, 1.165) is 12.8 Å². The lowest BCUT2D eigenvalue weighted by atomic mass is 10.1. The Labute approximate surface area is 158 Å². The van der Waals surface area contributed by atoms with Crippen molar-refractivity contribution in [2.45, 2.75) is 88.9 Å². The second-order valence-corrected chi connectivity index (χ2v) is 8.34. The van der Waals surface area contributed by atoms with Crippen LogP contribution in [0, 0.1) is 0 Å². The van der Waals surface area contributed by atoms with Crippen LogP contribution in [0.5, 0.6) is 0 Å². The van der Waals surface area contributed by atoms with E-state index in [2.05, 4.69) is 12.2 Å². The summed E-state index contributed by atoms with van der Waals surface area (Å²) in [5.41, 5.74) is 0.561. The molecule has 1 rings (SSSR count).